The molecule has 18 heavy (non-hydrogen) atoms. The van der Waals surface area contributed by atoms with Crippen molar-refractivity contribution in [1.82, 2.24) is 5.32 Å². The molecule has 1 N–H and O–H groups in total. The van der Waals surface area contributed by atoms with Crippen LogP contribution in [0.2, 0.25) is 0 Å². The van der Waals surface area contributed by atoms with Gasteiger partial charge in [0.15, 0.2) is 0 Å². The number of rotatable bonds is 4. The minimum atomic E-state index is 0.715. The third-order valence-corrected chi connectivity index (χ3v) is 4.23. The van der Waals surface area contributed by atoms with Crippen LogP contribution in [0.15, 0.2) is 24.3 Å². The predicted molar refractivity (Wildman–Crippen MR) is 79.3 cm³/mol. The van der Waals surface area contributed by atoms with E-state index in [-0.39, 0.29) is 0 Å². The van der Waals surface area contributed by atoms with Crippen molar-refractivity contribution in [1.29, 1.82) is 0 Å². The summed E-state index contributed by atoms with van der Waals surface area (Å²) in [4.78, 5) is 2.15. The second kappa shape index (κ2) is 6.24. The first-order valence-corrected chi connectivity index (χ1v) is 7.14. The Balaban J connectivity index is 1.99. The first-order chi connectivity index (χ1) is 8.70. The zero-order valence-corrected chi connectivity index (χ0v) is 11.9. The van der Waals surface area contributed by atoms with E-state index in [4.69, 9.17) is 0 Å². The molecule has 1 aromatic rings. The molecule has 1 saturated carbocycles. The fourth-order valence-corrected chi connectivity index (χ4v) is 3.06. The number of hydrogen-bond acceptors (Lipinski definition) is 2. The molecule has 1 aliphatic rings. The lowest BCUT2D eigenvalue weighted by molar-refractivity contribution is 0.273. The van der Waals surface area contributed by atoms with E-state index in [1.807, 2.05) is 0 Å². The van der Waals surface area contributed by atoms with Gasteiger partial charge in [0, 0.05) is 25.8 Å². The van der Waals surface area contributed by atoms with Crippen molar-refractivity contribution in [2.75, 3.05) is 26.0 Å². The first kappa shape index (κ1) is 13.4. The Labute approximate surface area is 111 Å². The van der Waals surface area contributed by atoms with Crippen LogP contribution < -0.4 is 10.2 Å². The largest absolute Gasteiger partial charge is 0.378 e. The van der Waals surface area contributed by atoms with E-state index in [2.05, 4.69) is 55.6 Å². The zero-order valence-electron chi connectivity index (χ0n) is 11.9. The van der Waals surface area contributed by atoms with Gasteiger partial charge in [-0.3, -0.25) is 0 Å². The fourth-order valence-electron chi connectivity index (χ4n) is 3.06. The van der Waals surface area contributed by atoms with Crippen molar-refractivity contribution in [3.05, 3.63) is 29.8 Å². The molecular formula is C16H26N2. The quantitative estimate of drug-likeness (QED) is 0.878. The van der Waals surface area contributed by atoms with Crippen LogP contribution in [0, 0.1) is 5.92 Å². The van der Waals surface area contributed by atoms with Gasteiger partial charge in [-0.1, -0.05) is 25.0 Å². The molecule has 1 aliphatic carbocycles. The Hall–Kier alpha value is -1.02. The van der Waals surface area contributed by atoms with Crippen molar-refractivity contribution in [3.8, 4) is 0 Å². The standard InChI is InChI=1S/C16H26N2/c1-17-16-7-5-4-6-14(16)12-13-8-10-15(11-9-13)18(2)3/h8-11,14,16-17H,4-7,12H2,1-3H3. The Bertz CT molecular complexity index is 356. The van der Waals surface area contributed by atoms with E-state index in [1.54, 1.807) is 0 Å². The highest BCUT2D eigenvalue weighted by molar-refractivity contribution is 5.46. The minimum Gasteiger partial charge on any atom is -0.378 e. The topological polar surface area (TPSA) is 15.3 Å². The van der Waals surface area contributed by atoms with Crippen LogP contribution >= 0.6 is 0 Å². The van der Waals surface area contributed by atoms with Crippen LogP contribution in [0.5, 0.6) is 0 Å². The third-order valence-electron chi connectivity index (χ3n) is 4.23. The summed E-state index contributed by atoms with van der Waals surface area (Å²) in [7, 11) is 6.29. The maximum absolute atomic E-state index is 3.50. The summed E-state index contributed by atoms with van der Waals surface area (Å²) in [5.74, 6) is 0.814. The van der Waals surface area contributed by atoms with Crippen LogP contribution in [0.3, 0.4) is 0 Å². The summed E-state index contributed by atoms with van der Waals surface area (Å²) in [6, 6.07) is 9.75. The highest BCUT2D eigenvalue weighted by Crippen LogP contribution is 2.27. The molecule has 1 aromatic carbocycles. The summed E-state index contributed by atoms with van der Waals surface area (Å²) in [6.45, 7) is 0. The Morgan fingerprint density at radius 3 is 2.39 bits per heavy atom. The Morgan fingerprint density at radius 1 is 1.11 bits per heavy atom. The molecule has 2 nitrogen and oxygen atoms in total. The molecule has 0 bridgehead atoms. The molecular weight excluding hydrogens is 220 g/mol. The van der Waals surface area contributed by atoms with E-state index in [0.717, 1.165) is 5.92 Å². The molecule has 0 radical (unpaired) electrons. The Morgan fingerprint density at radius 2 is 1.78 bits per heavy atom. The molecule has 1 fully saturated rings. The molecule has 0 heterocycles. The van der Waals surface area contributed by atoms with Gasteiger partial charge >= 0.3 is 0 Å². The van der Waals surface area contributed by atoms with Gasteiger partial charge in [0.2, 0.25) is 0 Å². The number of nitrogens with one attached hydrogen (secondary N) is 1. The van der Waals surface area contributed by atoms with E-state index in [9.17, 15) is 0 Å². The third kappa shape index (κ3) is 3.26. The summed E-state index contributed by atoms with van der Waals surface area (Å²) >= 11 is 0. The molecule has 0 saturated heterocycles. The van der Waals surface area contributed by atoms with Crippen molar-refractivity contribution in [3.63, 3.8) is 0 Å². The van der Waals surface area contributed by atoms with Gasteiger partial charge in [0.25, 0.3) is 0 Å². The highest BCUT2D eigenvalue weighted by Gasteiger charge is 2.23. The monoisotopic (exact) mass is 246 g/mol. The van der Waals surface area contributed by atoms with Crippen LogP contribution in [0.1, 0.15) is 31.2 Å². The van der Waals surface area contributed by atoms with E-state index >= 15 is 0 Å². The number of nitrogens with zero attached hydrogens (tertiary/aromatic N) is 1. The molecule has 0 spiro atoms. The molecule has 0 aliphatic heterocycles. The normalized spacial score (nSPS) is 23.9. The second-order valence-electron chi connectivity index (χ2n) is 5.70. The SMILES string of the molecule is CNC1CCCCC1Cc1ccc(N(C)C)cc1. The van der Waals surface area contributed by atoms with E-state index < -0.39 is 0 Å². The summed E-state index contributed by atoms with van der Waals surface area (Å²) in [6.07, 6.45) is 6.73. The average Bonchev–Trinajstić information content (AvgIpc) is 2.40. The summed E-state index contributed by atoms with van der Waals surface area (Å²) in [5, 5.41) is 3.50. The van der Waals surface area contributed by atoms with Crippen LogP contribution in [-0.2, 0) is 6.42 Å². The lowest BCUT2D eigenvalue weighted by Crippen LogP contribution is -2.37. The molecule has 0 aromatic heterocycles. The molecule has 2 unspecified atom stereocenters. The van der Waals surface area contributed by atoms with Crippen LogP contribution in [0.25, 0.3) is 0 Å². The molecule has 2 rings (SSSR count). The second-order valence-corrected chi connectivity index (χ2v) is 5.70. The van der Waals surface area contributed by atoms with E-state index in [0.29, 0.717) is 6.04 Å². The van der Waals surface area contributed by atoms with Crippen molar-refractivity contribution >= 4 is 5.69 Å². The number of benzene rings is 1. The predicted octanol–water partition coefficient (Wildman–Crippen LogP) is 3.07. The van der Waals surface area contributed by atoms with Gasteiger partial charge in [0.05, 0.1) is 0 Å². The highest BCUT2D eigenvalue weighted by atomic mass is 15.1. The van der Waals surface area contributed by atoms with Gasteiger partial charge in [-0.25, -0.2) is 0 Å². The van der Waals surface area contributed by atoms with E-state index in [1.165, 1.54) is 43.4 Å². The van der Waals surface area contributed by atoms with Gasteiger partial charge in [-0.15, -0.1) is 0 Å². The van der Waals surface area contributed by atoms with Gasteiger partial charge in [0.1, 0.15) is 0 Å². The molecule has 2 atom stereocenters. The van der Waals surface area contributed by atoms with Crippen molar-refractivity contribution < 1.29 is 0 Å². The number of hydrogen-bond donors (Lipinski definition) is 1. The van der Waals surface area contributed by atoms with Gasteiger partial charge in [-0.05, 0) is 49.9 Å². The molecule has 100 valence electrons. The Kier molecular flexibility index (Phi) is 4.65. The summed E-state index contributed by atoms with van der Waals surface area (Å²) < 4.78 is 0. The number of anilines is 1. The zero-order chi connectivity index (χ0) is 13.0. The van der Waals surface area contributed by atoms with Crippen LogP contribution in [-0.4, -0.2) is 27.2 Å². The fraction of sp³-hybridized carbons (Fsp3) is 0.625. The maximum Gasteiger partial charge on any atom is 0.0361 e. The minimum absolute atomic E-state index is 0.715. The van der Waals surface area contributed by atoms with Gasteiger partial charge < -0.3 is 10.2 Å². The first-order valence-electron chi connectivity index (χ1n) is 7.14. The smallest absolute Gasteiger partial charge is 0.0361 e. The van der Waals surface area contributed by atoms with Crippen molar-refractivity contribution in [2.45, 2.75) is 38.1 Å². The maximum atomic E-state index is 3.50. The van der Waals surface area contributed by atoms with Crippen LogP contribution in [0.4, 0.5) is 5.69 Å². The molecule has 2 heteroatoms. The lowest BCUT2D eigenvalue weighted by Gasteiger charge is -2.31. The van der Waals surface area contributed by atoms with Gasteiger partial charge in [-0.2, -0.15) is 0 Å². The van der Waals surface area contributed by atoms with Crippen molar-refractivity contribution in [2.24, 2.45) is 5.92 Å². The summed E-state index contributed by atoms with van der Waals surface area (Å²) in [5.41, 5.74) is 2.76. The molecule has 0 amide bonds. The average molecular weight is 246 g/mol. The lowest BCUT2D eigenvalue weighted by atomic mass is 9.81.